The van der Waals surface area contributed by atoms with E-state index < -0.39 is 0 Å². The lowest BCUT2D eigenvalue weighted by molar-refractivity contribution is 0.171. The maximum atomic E-state index is 11.6. The number of aromatic nitrogens is 1. The average molecular weight is 293 g/mol. The molecule has 1 atom stereocenters. The summed E-state index contributed by atoms with van der Waals surface area (Å²) in [4.78, 5) is 15.9. The summed E-state index contributed by atoms with van der Waals surface area (Å²) in [6, 6.07) is 3.51. The third-order valence-electron chi connectivity index (χ3n) is 3.21. The zero-order valence-corrected chi connectivity index (χ0v) is 12.6. The molecule has 2 N–H and O–H groups in total. The molecule has 0 spiro atoms. The van der Waals surface area contributed by atoms with E-state index in [0.29, 0.717) is 24.9 Å². The number of ether oxygens (including phenoxy) is 2. The smallest absolute Gasteiger partial charge is 0.315 e. The first-order valence-electron chi connectivity index (χ1n) is 7.28. The number of nitrogens with one attached hydrogen (secondary N) is 2. The lowest BCUT2D eigenvalue weighted by atomic mass is 10.3. The highest BCUT2D eigenvalue weighted by atomic mass is 16.5. The summed E-state index contributed by atoms with van der Waals surface area (Å²) in [5, 5.41) is 5.56. The van der Waals surface area contributed by atoms with Crippen molar-refractivity contribution in [2.24, 2.45) is 5.92 Å². The van der Waals surface area contributed by atoms with Crippen molar-refractivity contribution in [3.05, 3.63) is 23.9 Å². The fraction of sp³-hybridized carbons (Fsp3) is 0.600. The fourth-order valence-corrected chi connectivity index (χ4v) is 1.84. The summed E-state index contributed by atoms with van der Waals surface area (Å²) >= 11 is 0. The van der Waals surface area contributed by atoms with Crippen LogP contribution >= 0.6 is 0 Å². The van der Waals surface area contributed by atoms with Gasteiger partial charge in [0.15, 0.2) is 0 Å². The second-order valence-electron chi connectivity index (χ2n) is 5.44. The minimum absolute atomic E-state index is 0.0219. The molecule has 1 aliphatic carbocycles. The highest BCUT2D eigenvalue weighted by Crippen LogP contribution is 2.29. The van der Waals surface area contributed by atoms with E-state index in [9.17, 15) is 4.79 Å². The lowest BCUT2D eigenvalue weighted by Crippen LogP contribution is -2.42. The summed E-state index contributed by atoms with van der Waals surface area (Å²) in [6.45, 7) is 3.56. The Bertz CT molecular complexity index is 446. The molecule has 6 heteroatoms. The molecule has 6 nitrogen and oxygen atoms in total. The van der Waals surface area contributed by atoms with Crippen LogP contribution in [0, 0.1) is 5.92 Å². The van der Waals surface area contributed by atoms with Crippen molar-refractivity contribution >= 4 is 6.03 Å². The Morgan fingerprint density at radius 3 is 2.90 bits per heavy atom. The molecular formula is C15H23N3O3. The Labute approximate surface area is 125 Å². The van der Waals surface area contributed by atoms with Crippen LogP contribution < -0.4 is 15.4 Å². The van der Waals surface area contributed by atoms with Crippen LogP contribution in [0.5, 0.6) is 5.88 Å². The van der Waals surface area contributed by atoms with Gasteiger partial charge in [-0.1, -0.05) is 6.07 Å². The molecular weight excluding hydrogens is 270 g/mol. The van der Waals surface area contributed by atoms with Gasteiger partial charge in [0, 0.05) is 25.9 Å². The zero-order valence-electron chi connectivity index (χ0n) is 12.6. The normalized spacial score (nSPS) is 15.3. The monoisotopic (exact) mass is 293 g/mol. The van der Waals surface area contributed by atoms with Crippen LogP contribution in [0.4, 0.5) is 4.79 Å². The lowest BCUT2D eigenvalue weighted by Gasteiger charge is -2.13. The van der Waals surface area contributed by atoms with E-state index >= 15 is 0 Å². The van der Waals surface area contributed by atoms with Gasteiger partial charge in [-0.15, -0.1) is 0 Å². The Hall–Kier alpha value is -1.82. The molecule has 2 rings (SSSR count). The van der Waals surface area contributed by atoms with Crippen molar-refractivity contribution in [2.45, 2.75) is 32.4 Å². The van der Waals surface area contributed by atoms with Crippen LogP contribution in [-0.2, 0) is 11.3 Å². The van der Waals surface area contributed by atoms with Gasteiger partial charge in [-0.2, -0.15) is 0 Å². The predicted octanol–water partition coefficient (Wildman–Crippen LogP) is 1.70. The van der Waals surface area contributed by atoms with Gasteiger partial charge in [-0.3, -0.25) is 0 Å². The standard InChI is InChI=1S/C15H23N3O3/c1-11(9-20-2)18-15(19)17-8-13-5-6-14(16-7-13)21-10-12-3-4-12/h5-7,11-12H,3-4,8-10H2,1-2H3,(H2,17,18,19). The Morgan fingerprint density at radius 2 is 2.29 bits per heavy atom. The molecule has 116 valence electrons. The first kappa shape index (κ1) is 15.6. The number of pyridine rings is 1. The number of hydrogen-bond acceptors (Lipinski definition) is 4. The largest absolute Gasteiger partial charge is 0.477 e. The molecule has 2 amide bonds. The van der Waals surface area contributed by atoms with E-state index in [1.54, 1.807) is 13.3 Å². The number of carbonyl (C=O) groups is 1. The average Bonchev–Trinajstić information content (AvgIpc) is 3.28. The van der Waals surface area contributed by atoms with E-state index in [-0.39, 0.29) is 12.1 Å². The van der Waals surface area contributed by atoms with Gasteiger partial charge in [-0.25, -0.2) is 9.78 Å². The van der Waals surface area contributed by atoms with Crippen LogP contribution in [0.1, 0.15) is 25.3 Å². The molecule has 0 aliphatic heterocycles. The van der Waals surface area contributed by atoms with Gasteiger partial charge in [0.05, 0.1) is 19.3 Å². The summed E-state index contributed by atoms with van der Waals surface area (Å²) < 4.78 is 10.5. The van der Waals surface area contributed by atoms with Crippen molar-refractivity contribution in [3.63, 3.8) is 0 Å². The topological polar surface area (TPSA) is 72.5 Å². The molecule has 1 aromatic heterocycles. The third kappa shape index (κ3) is 5.99. The maximum absolute atomic E-state index is 11.6. The van der Waals surface area contributed by atoms with Gasteiger partial charge >= 0.3 is 6.03 Å². The molecule has 1 saturated carbocycles. The van der Waals surface area contributed by atoms with Crippen molar-refractivity contribution in [2.75, 3.05) is 20.3 Å². The molecule has 1 fully saturated rings. The molecule has 1 unspecified atom stereocenters. The van der Waals surface area contributed by atoms with Gasteiger partial charge in [0.1, 0.15) is 0 Å². The number of nitrogens with zero attached hydrogens (tertiary/aromatic N) is 1. The van der Waals surface area contributed by atoms with E-state index in [1.165, 1.54) is 12.8 Å². The molecule has 0 radical (unpaired) electrons. The third-order valence-corrected chi connectivity index (χ3v) is 3.21. The van der Waals surface area contributed by atoms with Crippen LogP contribution in [0.2, 0.25) is 0 Å². The minimum Gasteiger partial charge on any atom is -0.477 e. The first-order valence-corrected chi connectivity index (χ1v) is 7.28. The zero-order chi connectivity index (χ0) is 15.1. The fourth-order valence-electron chi connectivity index (χ4n) is 1.84. The second kappa shape index (κ2) is 7.83. The molecule has 1 heterocycles. The predicted molar refractivity (Wildman–Crippen MR) is 79.2 cm³/mol. The van der Waals surface area contributed by atoms with Crippen LogP contribution in [0.3, 0.4) is 0 Å². The van der Waals surface area contributed by atoms with Gasteiger partial charge in [0.25, 0.3) is 0 Å². The summed E-state index contributed by atoms with van der Waals surface area (Å²) in [7, 11) is 1.61. The SMILES string of the molecule is COCC(C)NC(=O)NCc1ccc(OCC2CC2)nc1. The number of carbonyl (C=O) groups excluding carboxylic acids is 1. The Morgan fingerprint density at radius 1 is 1.48 bits per heavy atom. The summed E-state index contributed by atoms with van der Waals surface area (Å²) in [5.41, 5.74) is 0.934. The van der Waals surface area contributed by atoms with Crippen LogP contribution in [0.15, 0.2) is 18.3 Å². The molecule has 0 bridgehead atoms. The first-order chi connectivity index (χ1) is 10.2. The van der Waals surface area contributed by atoms with Gasteiger partial charge in [-0.05, 0) is 31.2 Å². The molecule has 21 heavy (non-hydrogen) atoms. The van der Waals surface area contributed by atoms with E-state index in [4.69, 9.17) is 9.47 Å². The van der Waals surface area contributed by atoms with E-state index in [0.717, 1.165) is 12.2 Å². The van der Waals surface area contributed by atoms with Crippen LogP contribution in [0.25, 0.3) is 0 Å². The highest BCUT2D eigenvalue weighted by Gasteiger charge is 2.22. The second-order valence-corrected chi connectivity index (χ2v) is 5.44. The Kier molecular flexibility index (Phi) is 5.80. The van der Waals surface area contributed by atoms with Gasteiger partial charge in [0.2, 0.25) is 5.88 Å². The number of amides is 2. The van der Waals surface area contributed by atoms with Crippen LogP contribution in [-0.4, -0.2) is 37.4 Å². The molecule has 0 aromatic carbocycles. The number of rotatable bonds is 8. The molecule has 1 aliphatic rings. The van der Waals surface area contributed by atoms with Crippen molar-refractivity contribution in [3.8, 4) is 5.88 Å². The number of methoxy groups -OCH3 is 1. The number of hydrogen-bond donors (Lipinski definition) is 2. The highest BCUT2D eigenvalue weighted by molar-refractivity contribution is 5.74. The summed E-state index contributed by atoms with van der Waals surface area (Å²) in [6.07, 6.45) is 4.25. The van der Waals surface area contributed by atoms with Gasteiger partial charge < -0.3 is 20.1 Å². The maximum Gasteiger partial charge on any atom is 0.315 e. The quantitative estimate of drug-likeness (QED) is 0.765. The minimum atomic E-state index is -0.214. The Balaban J connectivity index is 1.68. The van der Waals surface area contributed by atoms with E-state index in [1.807, 2.05) is 19.1 Å². The van der Waals surface area contributed by atoms with Crippen molar-refractivity contribution in [1.29, 1.82) is 0 Å². The number of urea groups is 1. The van der Waals surface area contributed by atoms with Crippen molar-refractivity contribution < 1.29 is 14.3 Å². The van der Waals surface area contributed by atoms with Crippen molar-refractivity contribution in [1.82, 2.24) is 15.6 Å². The molecule has 0 saturated heterocycles. The summed E-state index contributed by atoms with van der Waals surface area (Å²) in [5.74, 6) is 1.36. The van der Waals surface area contributed by atoms with E-state index in [2.05, 4.69) is 15.6 Å². The molecule has 1 aromatic rings.